The molecule has 1 heterocycles. The van der Waals surface area contributed by atoms with E-state index in [0.29, 0.717) is 17.7 Å². The van der Waals surface area contributed by atoms with Crippen LogP contribution in [-0.2, 0) is 17.4 Å². The van der Waals surface area contributed by atoms with Crippen molar-refractivity contribution in [2.45, 2.75) is 29.7 Å². The van der Waals surface area contributed by atoms with Gasteiger partial charge in [0, 0.05) is 10.3 Å². The van der Waals surface area contributed by atoms with Crippen LogP contribution >= 0.6 is 11.8 Å². The third-order valence-corrected chi connectivity index (χ3v) is 6.61. The molecule has 1 atom stereocenters. The van der Waals surface area contributed by atoms with Crippen molar-refractivity contribution in [3.63, 3.8) is 0 Å². The summed E-state index contributed by atoms with van der Waals surface area (Å²) in [6.45, 7) is 1.48. The Labute approximate surface area is 198 Å². The van der Waals surface area contributed by atoms with Gasteiger partial charge in [-0.2, -0.15) is 18.3 Å². The number of nitrogens with one attached hydrogen (secondary N) is 1. The predicted octanol–water partition coefficient (Wildman–Crippen LogP) is 6.49. The number of aromatic amines is 1. The van der Waals surface area contributed by atoms with E-state index in [2.05, 4.69) is 10.2 Å². The van der Waals surface area contributed by atoms with Crippen LogP contribution in [-0.4, -0.2) is 27.9 Å². The molecule has 176 valence electrons. The Morgan fingerprint density at radius 3 is 2.65 bits per heavy atom. The largest absolute Gasteiger partial charge is 0.482 e. The zero-order valence-corrected chi connectivity index (χ0v) is 18.9. The number of halogens is 3. The van der Waals surface area contributed by atoms with E-state index in [9.17, 15) is 18.0 Å². The normalized spacial score (nSPS) is 12.6. The van der Waals surface area contributed by atoms with Crippen LogP contribution < -0.4 is 4.74 Å². The first kappa shape index (κ1) is 23.7. The number of carboxylic acid groups (broad SMARTS) is 1. The second kappa shape index (κ2) is 9.80. The lowest BCUT2D eigenvalue weighted by Crippen LogP contribution is -2.10. The number of alkyl halides is 3. The standard InChI is InChI=1S/C25H21F3N2O3S/c1-2-15-11-20(8-9-22(15)33-14-23(31)32)34-24(16-4-3-5-19(10-16)25(26,27)28)17-6-7-18-13-29-30-21(18)12-17/h3-13,24H,2,14H2,1H3,(H,29,30)(H,31,32). The van der Waals surface area contributed by atoms with Crippen LogP contribution in [0, 0.1) is 0 Å². The number of aliphatic carboxylic acids is 1. The van der Waals surface area contributed by atoms with Crippen LogP contribution in [0.2, 0.25) is 0 Å². The SMILES string of the molecule is CCc1cc(SC(c2cccc(C(F)(F)F)c2)c2ccc3cn[nH]c3c2)ccc1OCC(=O)O. The van der Waals surface area contributed by atoms with E-state index >= 15 is 0 Å². The Bertz CT molecular complexity index is 1320. The lowest BCUT2D eigenvalue weighted by molar-refractivity contribution is -0.139. The van der Waals surface area contributed by atoms with Crippen molar-refractivity contribution < 1.29 is 27.8 Å². The number of rotatable bonds is 8. The molecule has 2 N–H and O–H groups in total. The van der Waals surface area contributed by atoms with Gasteiger partial charge in [0.15, 0.2) is 6.61 Å². The maximum absolute atomic E-state index is 13.4. The van der Waals surface area contributed by atoms with Crippen molar-refractivity contribution in [2.24, 2.45) is 0 Å². The number of ether oxygens (including phenoxy) is 1. The van der Waals surface area contributed by atoms with Crippen LogP contribution in [0.3, 0.4) is 0 Å². The number of aryl methyl sites for hydroxylation is 1. The number of H-pyrrole nitrogens is 1. The smallest absolute Gasteiger partial charge is 0.416 e. The fraction of sp³-hybridized carbons (Fsp3) is 0.200. The first-order chi connectivity index (χ1) is 16.2. The van der Waals surface area contributed by atoms with Gasteiger partial charge in [0.1, 0.15) is 5.75 Å². The van der Waals surface area contributed by atoms with Gasteiger partial charge in [-0.15, -0.1) is 11.8 Å². The maximum atomic E-state index is 13.4. The summed E-state index contributed by atoms with van der Waals surface area (Å²) in [7, 11) is 0. The zero-order valence-electron chi connectivity index (χ0n) is 18.1. The molecular formula is C25H21F3N2O3S. The highest BCUT2D eigenvalue weighted by Crippen LogP contribution is 2.43. The number of benzene rings is 3. The zero-order chi connectivity index (χ0) is 24.3. The average Bonchev–Trinajstić information content (AvgIpc) is 3.29. The number of fused-ring (bicyclic) bond motifs is 1. The molecule has 0 saturated carbocycles. The highest BCUT2D eigenvalue weighted by molar-refractivity contribution is 7.99. The maximum Gasteiger partial charge on any atom is 0.416 e. The van der Waals surface area contributed by atoms with Gasteiger partial charge in [-0.3, -0.25) is 5.10 Å². The van der Waals surface area contributed by atoms with Gasteiger partial charge in [0.25, 0.3) is 0 Å². The molecule has 0 radical (unpaired) electrons. The second-order valence-corrected chi connectivity index (χ2v) is 8.82. The summed E-state index contributed by atoms with van der Waals surface area (Å²) in [6.07, 6.45) is -2.15. The Morgan fingerprint density at radius 1 is 1.12 bits per heavy atom. The van der Waals surface area contributed by atoms with E-state index in [0.717, 1.165) is 33.0 Å². The quantitative estimate of drug-likeness (QED) is 0.279. The minimum Gasteiger partial charge on any atom is -0.482 e. The molecule has 0 spiro atoms. The van der Waals surface area contributed by atoms with Gasteiger partial charge >= 0.3 is 12.1 Å². The number of hydrogen-bond acceptors (Lipinski definition) is 4. The highest BCUT2D eigenvalue weighted by atomic mass is 32.2. The first-order valence-corrected chi connectivity index (χ1v) is 11.4. The Balaban J connectivity index is 1.74. The number of hydrogen-bond donors (Lipinski definition) is 2. The van der Waals surface area contributed by atoms with Crippen molar-refractivity contribution in [3.8, 4) is 5.75 Å². The molecule has 4 aromatic rings. The van der Waals surface area contributed by atoms with Crippen molar-refractivity contribution in [1.82, 2.24) is 10.2 Å². The number of thioether (sulfide) groups is 1. The minimum atomic E-state index is -4.45. The number of aromatic nitrogens is 2. The summed E-state index contributed by atoms with van der Waals surface area (Å²) in [5.74, 6) is -0.594. The summed E-state index contributed by atoms with van der Waals surface area (Å²) in [4.78, 5) is 11.7. The van der Waals surface area contributed by atoms with E-state index in [-0.39, 0.29) is 0 Å². The van der Waals surface area contributed by atoms with Crippen molar-refractivity contribution in [1.29, 1.82) is 0 Å². The summed E-state index contributed by atoms with van der Waals surface area (Å²) in [5.41, 5.74) is 2.25. The molecule has 34 heavy (non-hydrogen) atoms. The monoisotopic (exact) mass is 486 g/mol. The Hall–Kier alpha value is -3.46. The van der Waals surface area contributed by atoms with Gasteiger partial charge < -0.3 is 9.84 Å². The molecule has 3 aromatic carbocycles. The van der Waals surface area contributed by atoms with Gasteiger partial charge in [0.2, 0.25) is 0 Å². The third kappa shape index (κ3) is 5.36. The van der Waals surface area contributed by atoms with Gasteiger partial charge in [-0.25, -0.2) is 4.79 Å². The molecule has 0 fully saturated rings. The van der Waals surface area contributed by atoms with Crippen LogP contribution in [0.4, 0.5) is 13.2 Å². The number of carbonyl (C=O) groups is 1. The van der Waals surface area contributed by atoms with E-state index in [4.69, 9.17) is 9.84 Å². The molecule has 9 heteroatoms. The van der Waals surface area contributed by atoms with E-state index in [1.165, 1.54) is 23.9 Å². The first-order valence-electron chi connectivity index (χ1n) is 10.5. The van der Waals surface area contributed by atoms with Gasteiger partial charge in [-0.1, -0.05) is 37.3 Å². The molecule has 1 unspecified atom stereocenters. The Kier molecular flexibility index (Phi) is 6.83. The van der Waals surface area contributed by atoms with Crippen molar-refractivity contribution in [2.75, 3.05) is 6.61 Å². The fourth-order valence-electron chi connectivity index (χ4n) is 3.65. The van der Waals surface area contributed by atoms with Gasteiger partial charge in [0.05, 0.1) is 22.5 Å². The fourth-order valence-corrected chi connectivity index (χ4v) is 4.84. The molecule has 1 aromatic heterocycles. The molecule has 0 aliphatic carbocycles. The highest BCUT2D eigenvalue weighted by Gasteiger charge is 2.31. The molecule has 5 nitrogen and oxygen atoms in total. The summed E-state index contributed by atoms with van der Waals surface area (Å²) in [6, 6.07) is 16.4. The Morgan fingerprint density at radius 2 is 1.91 bits per heavy atom. The predicted molar refractivity (Wildman–Crippen MR) is 124 cm³/mol. The molecule has 0 saturated heterocycles. The van der Waals surface area contributed by atoms with E-state index in [1.54, 1.807) is 24.4 Å². The number of nitrogens with zero attached hydrogens (tertiary/aromatic N) is 1. The molecule has 0 amide bonds. The van der Waals surface area contributed by atoms with Crippen LogP contribution in [0.5, 0.6) is 5.75 Å². The summed E-state index contributed by atoms with van der Waals surface area (Å²) in [5, 5.41) is 16.3. The van der Waals surface area contributed by atoms with Crippen molar-refractivity contribution >= 4 is 28.6 Å². The van der Waals surface area contributed by atoms with Crippen LogP contribution in [0.1, 0.15) is 34.4 Å². The summed E-state index contributed by atoms with van der Waals surface area (Å²) < 4.78 is 45.6. The van der Waals surface area contributed by atoms with Crippen molar-refractivity contribution in [3.05, 3.63) is 89.1 Å². The minimum absolute atomic E-state index is 0.425. The lowest BCUT2D eigenvalue weighted by Gasteiger charge is -2.20. The van der Waals surface area contributed by atoms with Crippen LogP contribution in [0.15, 0.2) is 71.8 Å². The topological polar surface area (TPSA) is 75.2 Å². The lowest BCUT2D eigenvalue weighted by atomic mass is 10.0. The van der Waals surface area contributed by atoms with Crippen LogP contribution in [0.25, 0.3) is 10.9 Å². The average molecular weight is 487 g/mol. The molecule has 0 bridgehead atoms. The third-order valence-electron chi connectivity index (χ3n) is 5.30. The molecule has 0 aliphatic rings. The van der Waals surface area contributed by atoms with E-state index in [1.807, 2.05) is 31.2 Å². The molecule has 4 rings (SSSR count). The summed E-state index contributed by atoms with van der Waals surface area (Å²) >= 11 is 1.41. The van der Waals surface area contributed by atoms with Gasteiger partial charge in [-0.05, 0) is 53.4 Å². The molecular weight excluding hydrogens is 465 g/mol. The van der Waals surface area contributed by atoms with E-state index < -0.39 is 29.6 Å². The second-order valence-electron chi connectivity index (χ2n) is 7.64. The molecule has 0 aliphatic heterocycles. The number of carboxylic acids is 1.